The molecule has 0 unspecified atom stereocenters. The Bertz CT molecular complexity index is 1330. The normalized spacial score (nSPS) is 56.6. The summed E-state index contributed by atoms with van der Waals surface area (Å²) in [6.07, 6.45) is -1.09. The lowest BCUT2D eigenvalue weighted by Crippen LogP contribution is -2.61. The van der Waals surface area contributed by atoms with Crippen LogP contribution in [0.3, 0.4) is 0 Å². The fraction of sp³-hybridized carbons (Fsp3) is 0.975. The molecule has 4 saturated carbocycles. The van der Waals surface area contributed by atoms with E-state index in [4.69, 9.17) is 33.2 Å². The Morgan fingerprint density at radius 1 is 0.792 bits per heavy atom. The van der Waals surface area contributed by atoms with Crippen LogP contribution in [-0.2, 0) is 38.0 Å². The molecule has 4 heterocycles. The van der Waals surface area contributed by atoms with E-state index in [1.807, 2.05) is 0 Å². The topological polar surface area (TPSA) is 183 Å². The number of carbonyl (C=O) groups excluding carboxylic acids is 1. The number of rotatable bonds is 6. The Hall–Kier alpha value is -0.970. The molecule has 4 aliphatic heterocycles. The molecule has 8 fully saturated rings. The summed E-state index contributed by atoms with van der Waals surface area (Å²) in [4.78, 5) is 11.3. The molecule has 0 radical (unpaired) electrons. The van der Waals surface area contributed by atoms with E-state index in [1.54, 1.807) is 0 Å². The minimum absolute atomic E-state index is 0.173. The van der Waals surface area contributed by atoms with Crippen LogP contribution in [0, 0.1) is 52.3 Å². The summed E-state index contributed by atoms with van der Waals surface area (Å²) < 4.78 is 42.1. The van der Waals surface area contributed by atoms with E-state index >= 15 is 0 Å². The van der Waals surface area contributed by atoms with Crippen molar-refractivity contribution in [1.82, 2.24) is 0 Å². The molecule has 0 amide bonds. The van der Waals surface area contributed by atoms with E-state index < -0.39 is 67.1 Å². The van der Waals surface area contributed by atoms with E-state index in [0.29, 0.717) is 47.5 Å². The van der Waals surface area contributed by atoms with E-state index in [1.165, 1.54) is 32.6 Å². The van der Waals surface area contributed by atoms with Crippen LogP contribution in [0.1, 0.15) is 98.8 Å². The molecular formula is C40H64O13. The molecule has 13 heteroatoms. The molecule has 302 valence electrons. The molecule has 21 atom stereocenters. The van der Waals surface area contributed by atoms with Gasteiger partial charge in [0.15, 0.2) is 24.5 Å². The Balaban J connectivity index is 0.872. The highest BCUT2D eigenvalue weighted by Crippen LogP contribution is 2.71. The van der Waals surface area contributed by atoms with Crippen LogP contribution < -0.4 is 0 Å². The molecule has 4 saturated heterocycles. The highest BCUT2D eigenvalue weighted by molar-refractivity contribution is 5.66. The van der Waals surface area contributed by atoms with Gasteiger partial charge in [0.25, 0.3) is 0 Å². The van der Waals surface area contributed by atoms with Crippen molar-refractivity contribution in [3.8, 4) is 0 Å². The van der Waals surface area contributed by atoms with Crippen molar-refractivity contribution < 1.29 is 63.5 Å². The third-order valence-electron chi connectivity index (χ3n) is 16.1. The summed E-state index contributed by atoms with van der Waals surface area (Å²) in [6.45, 7) is 11.3. The summed E-state index contributed by atoms with van der Waals surface area (Å²) >= 11 is 0. The second-order valence-corrected chi connectivity index (χ2v) is 18.9. The Labute approximate surface area is 313 Å². The maximum atomic E-state index is 11.3. The standard InChI is InChI=1S/C40H64O13/c1-19-8-13-40(49-16-19)20(2)30-27(53-40)15-26-24-7-6-22-14-23(9-11-38(22,4)25(24)10-12-39(26,30)5)51-37-35(46)33(44)31(42)29(52-37)18-48-36-34(45)32(43)28(17-47-36)50-21(3)41/h19-20,22-37,42-46H,6-18H2,1-5H3/t19-,20+,22+,23+,24-,25+,26+,27+,28+,29-,30+,31-,32+,33+,34-,35-,36+,37-,38+,39+,40-/m1/s1. The number of aliphatic hydroxyl groups excluding tert-OH is 5. The highest BCUT2D eigenvalue weighted by Gasteiger charge is 2.69. The third kappa shape index (κ3) is 6.53. The van der Waals surface area contributed by atoms with Gasteiger partial charge in [-0.1, -0.05) is 27.7 Å². The minimum atomic E-state index is -1.54. The lowest BCUT2D eigenvalue weighted by Gasteiger charge is -2.61. The first-order valence-electron chi connectivity index (χ1n) is 20.6. The molecule has 0 bridgehead atoms. The van der Waals surface area contributed by atoms with Crippen molar-refractivity contribution in [2.24, 2.45) is 52.3 Å². The molecular weight excluding hydrogens is 688 g/mol. The molecule has 13 nitrogen and oxygen atoms in total. The van der Waals surface area contributed by atoms with E-state index in [0.717, 1.165) is 45.1 Å². The molecule has 8 aliphatic rings. The van der Waals surface area contributed by atoms with Gasteiger partial charge in [-0.05, 0) is 104 Å². The van der Waals surface area contributed by atoms with Gasteiger partial charge >= 0.3 is 5.97 Å². The van der Waals surface area contributed by atoms with Gasteiger partial charge in [0.05, 0.1) is 32.0 Å². The average molecular weight is 753 g/mol. The number of ether oxygens (including phenoxy) is 7. The van der Waals surface area contributed by atoms with Crippen molar-refractivity contribution in [2.45, 2.75) is 172 Å². The van der Waals surface area contributed by atoms with Crippen LogP contribution in [0.15, 0.2) is 0 Å². The van der Waals surface area contributed by atoms with Gasteiger partial charge in [0, 0.05) is 19.3 Å². The predicted octanol–water partition coefficient (Wildman–Crippen LogP) is 2.65. The zero-order valence-electron chi connectivity index (χ0n) is 32.1. The van der Waals surface area contributed by atoms with Gasteiger partial charge in [0.2, 0.25) is 0 Å². The fourth-order valence-corrected chi connectivity index (χ4v) is 13.1. The van der Waals surface area contributed by atoms with Crippen LogP contribution >= 0.6 is 0 Å². The van der Waals surface area contributed by atoms with Crippen LogP contribution in [0.4, 0.5) is 0 Å². The third-order valence-corrected chi connectivity index (χ3v) is 16.1. The molecule has 0 aromatic heterocycles. The van der Waals surface area contributed by atoms with Gasteiger partial charge in [0.1, 0.15) is 36.6 Å². The molecule has 53 heavy (non-hydrogen) atoms. The van der Waals surface area contributed by atoms with Crippen molar-refractivity contribution in [2.75, 3.05) is 19.8 Å². The minimum Gasteiger partial charge on any atom is -0.457 e. The number of esters is 1. The van der Waals surface area contributed by atoms with E-state index in [9.17, 15) is 30.3 Å². The molecule has 5 N–H and O–H groups in total. The lowest BCUT2D eigenvalue weighted by molar-refractivity contribution is -0.331. The summed E-state index contributed by atoms with van der Waals surface area (Å²) in [5.41, 5.74) is 0.480. The van der Waals surface area contributed by atoms with E-state index in [-0.39, 0.29) is 30.1 Å². The molecule has 1 spiro atoms. The maximum absolute atomic E-state index is 11.3. The van der Waals surface area contributed by atoms with Crippen molar-refractivity contribution in [3.63, 3.8) is 0 Å². The number of aliphatic hydroxyl groups is 5. The smallest absolute Gasteiger partial charge is 0.303 e. The zero-order chi connectivity index (χ0) is 37.6. The summed E-state index contributed by atoms with van der Waals surface area (Å²) in [5, 5.41) is 53.3. The van der Waals surface area contributed by atoms with Gasteiger partial charge in [-0.3, -0.25) is 4.79 Å². The van der Waals surface area contributed by atoms with Gasteiger partial charge in [-0.25, -0.2) is 0 Å². The Kier molecular flexibility index (Phi) is 10.6. The number of hydrogen-bond donors (Lipinski definition) is 5. The summed E-state index contributed by atoms with van der Waals surface area (Å²) in [5.74, 6) is 3.05. The fourth-order valence-electron chi connectivity index (χ4n) is 13.1. The molecule has 0 aromatic rings. The van der Waals surface area contributed by atoms with Crippen LogP contribution in [0.25, 0.3) is 0 Å². The molecule has 8 rings (SSSR count). The monoisotopic (exact) mass is 752 g/mol. The first-order chi connectivity index (χ1) is 25.1. The Morgan fingerprint density at radius 2 is 1.55 bits per heavy atom. The average Bonchev–Trinajstić information content (AvgIpc) is 3.57. The second-order valence-electron chi connectivity index (χ2n) is 18.9. The second kappa shape index (κ2) is 14.4. The van der Waals surface area contributed by atoms with E-state index in [2.05, 4.69) is 27.7 Å². The predicted molar refractivity (Wildman–Crippen MR) is 187 cm³/mol. The van der Waals surface area contributed by atoms with Crippen LogP contribution in [-0.4, -0.2) is 125 Å². The maximum Gasteiger partial charge on any atom is 0.303 e. The van der Waals surface area contributed by atoms with Crippen molar-refractivity contribution in [3.05, 3.63) is 0 Å². The van der Waals surface area contributed by atoms with Gasteiger partial charge in [-0.2, -0.15) is 0 Å². The highest BCUT2D eigenvalue weighted by atomic mass is 16.7. The summed E-state index contributed by atoms with van der Waals surface area (Å²) in [7, 11) is 0. The van der Waals surface area contributed by atoms with Crippen LogP contribution in [0.5, 0.6) is 0 Å². The number of fused-ring (bicyclic) bond motifs is 7. The Morgan fingerprint density at radius 3 is 2.28 bits per heavy atom. The van der Waals surface area contributed by atoms with Gasteiger partial charge < -0.3 is 58.7 Å². The summed E-state index contributed by atoms with van der Waals surface area (Å²) in [6, 6.07) is 0. The largest absolute Gasteiger partial charge is 0.457 e. The first kappa shape index (κ1) is 38.9. The lowest BCUT2D eigenvalue weighted by atomic mass is 9.44. The first-order valence-corrected chi connectivity index (χ1v) is 20.6. The van der Waals surface area contributed by atoms with Crippen LogP contribution in [0.2, 0.25) is 0 Å². The number of carbonyl (C=O) groups is 1. The van der Waals surface area contributed by atoms with Crippen molar-refractivity contribution >= 4 is 5.97 Å². The van der Waals surface area contributed by atoms with Crippen molar-refractivity contribution in [1.29, 1.82) is 0 Å². The quantitative estimate of drug-likeness (QED) is 0.198. The zero-order valence-corrected chi connectivity index (χ0v) is 32.1. The molecule has 0 aromatic carbocycles. The number of hydrogen-bond acceptors (Lipinski definition) is 13. The SMILES string of the molecule is CC(=O)O[C@H]1CO[C@@H](OC[C@H]2O[C@@H](O[C@H]3CC[C@@]4(C)[C@@H](CC[C@@H]5[C@@H]4CC[C@]4(C)[C@@H]6[C@H](C[C@@H]54)O[C@]4(CC[C@@H](C)CO4)[C@H]6C)C3)[C@H](O)[C@@H](O)[C@@H]2O)[C@H](O)[C@H]1O. The molecule has 4 aliphatic carbocycles. The van der Waals surface area contributed by atoms with Gasteiger partial charge in [-0.15, -0.1) is 0 Å².